The first kappa shape index (κ1) is 14.4. The van der Waals surface area contributed by atoms with Gasteiger partial charge in [0.2, 0.25) is 0 Å². The molecule has 0 radical (unpaired) electrons. The summed E-state index contributed by atoms with van der Waals surface area (Å²) < 4.78 is 6.24. The zero-order valence-electron chi connectivity index (χ0n) is 12.4. The third-order valence-corrected chi connectivity index (χ3v) is 5.21. The summed E-state index contributed by atoms with van der Waals surface area (Å²) in [5, 5.41) is 4.64. The molecule has 2 fully saturated rings. The molecule has 3 heteroatoms. The van der Waals surface area contributed by atoms with Crippen LogP contribution in [-0.2, 0) is 4.74 Å². The monoisotopic (exact) mass is 293 g/mol. The molecule has 1 saturated heterocycles. The molecule has 0 amide bonds. The Morgan fingerprint density at radius 2 is 1.80 bits per heavy atom. The van der Waals surface area contributed by atoms with Crippen molar-refractivity contribution >= 4 is 11.6 Å². The van der Waals surface area contributed by atoms with Crippen molar-refractivity contribution in [3.63, 3.8) is 0 Å². The van der Waals surface area contributed by atoms with E-state index in [4.69, 9.17) is 16.3 Å². The summed E-state index contributed by atoms with van der Waals surface area (Å²) in [6.45, 7) is 5.42. The summed E-state index contributed by atoms with van der Waals surface area (Å²) in [5.41, 5.74) is 1.43. The average Bonchev–Trinajstić information content (AvgIpc) is 2.44. The molecular weight excluding hydrogens is 270 g/mol. The molecule has 20 heavy (non-hydrogen) atoms. The van der Waals surface area contributed by atoms with E-state index in [1.165, 1.54) is 31.2 Å². The fourth-order valence-electron chi connectivity index (χ4n) is 3.63. The minimum atomic E-state index is 0.136. The Morgan fingerprint density at radius 1 is 1.15 bits per heavy atom. The van der Waals surface area contributed by atoms with Crippen LogP contribution >= 0.6 is 11.6 Å². The van der Waals surface area contributed by atoms with E-state index >= 15 is 0 Å². The lowest BCUT2D eigenvalue weighted by Crippen LogP contribution is -2.60. The SMILES string of the molecule is CC1CCC2(CC1)COC(c1ccc(Cl)cc1)C(C)N2. The minimum absolute atomic E-state index is 0.136. The van der Waals surface area contributed by atoms with Crippen LogP contribution in [-0.4, -0.2) is 18.2 Å². The molecule has 2 aliphatic rings. The van der Waals surface area contributed by atoms with Crippen LogP contribution in [0.3, 0.4) is 0 Å². The Morgan fingerprint density at radius 3 is 2.40 bits per heavy atom. The number of hydrogen-bond acceptors (Lipinski definition) is 2. The quantitative estimate of drug-likeness (QED) is 0.832. The summed E-state index contributed by atoms with van der Waals surface area (Å²) in [6, 6.07) is 8.38. The molecule has 1 saturated carbocycles. The molecule has 1 N–H and O–H groups in total. The third-order valence-electron chi connectivity index (χ3n) is 4.96. The molecule has 1 spiro atoms. The van der Waals surface area contributed by atoms with Gasteiger partial charge < -0.3 is 10.1 Å². The molecule has 1 aromatic carbocycles. The van der Waals surface area contributed by atoms with Gasteiger partial charge in [0.1, 0.15) is 0 Å². The van der Waals surface area contributed by atoms with E-state index < -0.39 is 0 Å². The van der Waals surface area contributed by atoms with Crippen LogP contribution in [0, 0.1) is 5.92 Å². The first-order valence-corrected chi connectivity index (χ1v) is 8.11. The Kier molecular flexibility index (Phi) is 4.07. The van der Waals surface area contributed by atoms with Gasteiger partial charge in [0.05, 0.1) is 12.7 Å². The topological polar surface area (TPSA) is 21.3 Å². The summed E-state index contributed by atoms with van der Waals surface area (Å²) in [6.07, 6.45) is 5.25. The number of nitrogens with one attached hydrogen (secondary N) is 1. The number of benzene rings is 1. The van der Waals surface area contributed by atoms with E-state index in [0.29, 0.717) is 6.04 Å². The lowest BCUT2D eigenvalue weighted by atomic mass is 9.76. The second-order valence-corrected chi connectivity index (χ2v) is 7.12. The number of ether oxygens (including phenoxy) is 1. The van der Waals surface area contributed by atoms with E-state index in [0.717, 1.165) is 17.5 Å². The highest BCUT2D eigenvalue weighted by atomic mass is 35.5. The first-order valence-electron chi connectivity index (χ1n) is 7.73. The van der Waals surface area contributed by atoms with E-state index in [-0.39, 0.29) is 11.6 Å². The molecule has 0 bridgehead atoms. The van der Waals surface area contributed by atoms with Crippen molar-refractivity contribution in [2.24, 2.45) is 5.92 Å². The maximum Gasteiger partial charge on any atom is 0.0976 e. The van der Waals surface area contributed by atoms with E-state index in [1.807, 2.05) is 12.1 Å². The lowest BCUT2D eigenvalue weighted by Gasteiger charge is -2.48. The molecule has 2 atom stereocenters. The highest BCUT2D eigenvalue weighted by molar-refractivity contribution is 6.30. The Bertz CT molecular complexity index is 451. The predicted octanol–water partition coefficient (Wildman–Crippen LogP) is 4.34. The minimum Gasteiger partial charge on any atom is -0.370 e. The van der Waals surface area contributed by atoms with Gasteiger partial charge in [0, 0.05) is 16.6 Å². The van der Waals surface area contributed by atoms with Gasteiger partial charge in [-0.2, -0.15) is 0 Å². The highest BCUT2D eigenvalue weighted by Gasteiger charge is 2.41. The normalized spacial score (nSPS) is 38.0. The summed E-state index contributed by atoms with van der Waals surface area (Å²) in [7, 11) is 0. The zero-order valence-corrected chi connectivity index (χ0v) is 13.1. The standard InChI is InChI=1S/C17H24ClNO/c1-12-7-9-17(10-8-12)11-20-16(13(2)19-17)14-3-5-15(18)6-4-14/h3-6,12-13,16,19H,7-11H2,1-2H3. The number of morpholine rings is 1. The molecular formula is C17H24ClNO. The zero-order chi connectivity index (χ0) is 14.2. The predicted molar refractivity (Wildman–Crippen MR) is 83.1 cm³/mol. The van der Waals surface area contributed by atoms with Gasteiger partial charge in [-0.1, -0.05) is 30.7 Å². The Hall–Kier alpha value is -0.570. The van der Waals surface area contributed by atoms with Crippen LogP contribution in [0.2, 0.25) is 5.02 Å². The lowest BCUT2D eigenvalue weighted by molar-refractivity contribution is -0.0746. The van der Waals surface area contributed by atoms with Crippen LogP contribution in [0.5, 0.6) is 0 Å². The van der Waals surface area contributed by atoms with Crippen molar-refractivity contribution in [3.05, 3.63) is 34.9 Å². The average molecular weight is 294 g/mol. The second-order valence-electron chi connectivity index (χ2n) is 6.68. The molecule has 110 valence electrons. The van der Waals surface area contributed by atoms with Crippen molar-refractivity contribution in [2.45, 2.75) is 57.2 Å². The highest BCUT2D eigenvalue weighted by Crippen LogP contribution is 2.38. The van der Waals surface area contributed by atoms with E-state index in [9.17, 15) is 0 Å². The van der Waals surface area contributed by atoms with Gasteiger partial charge in [-0.25, -0.2) is 0 Å². The smallest absolute Gasteiger partial charge is 0.0976 e. The van der Waals surface area contributed by atoms with E-state index in [2.05, 4.69) is 31.3 Å². The Labute approximate surface area is 126 Å². The molecule has 2 unspecified atom stereocenters. The molecule has 2 nitrogen and oxygen atoms in total. The van der Waals surface area contributed by atoms with Crippen LogP contribution in [0.4, 0.5) is 0 Å². The molecule has 1 aliphatic carbocycles. The van der Waals surface area contributed by atoms with Crippen molar-refractivity contribution in [2.75, 3.05) is 6.61 Å². The fraction of sp³-hybridized carbons (Fsp3) is 0.647. The molecule has 1 aliphatic heterocycles. The number of hydrogen-bond donors (Lipinski definition) is 1. The molecule has 0 aromatic heterocycles. The van der Waals surface area contributed by atoms with Crippen molar-refractivity contribution in [3.8, 4) is 0 Å². The maximum absolute atomic E-state index is 6.24. The van der Waals surface area contributed by atoms with Crippen molar-refractivity contribution < 1.29 is 4.74 Å². The van der Waals surface area contributed by atoms with Gasteiger partial charge in [-0.3, -0.25) is 0 Å². The number of rotatable bonds is 1. The van der Waals surface area contributed by atoms with Crippen molar-refractivity contribution in [1.29, 1.82) is 0 Å². The van der Waals surface area contributed by atoms with Gasteiger partial charge >= 0.3 is 0 Å². The van der Waals surface area contributed by atoms with Gasteiger partial charge in [0.25, 0.3) is 0 Å². The van der Waals surface area contributed by atoms with Crippen LogP contribution < -0.4 is 5.32 Å². The fourth-order valence-corrected chi connectivity index (χ4v) is 3.76. The van der Waals surface area contributed by atoms with E-state index in [1.54, 1.807) is 0 Å². The maximum atomic E-state index is 6.24. The summed E-state index contributed by atoms with van der Waals surface area (Å²) >= 11 is 5.96. The Balaban J connectivity index is 1.69. The first-order chi connectivity index (χ1) is 9.58. The van der Waals surface area contributed by atoms with Gasteiger partial charge in [0.15, 0.2) is 0 Å². The van der Waals surface area contributed by atoms with Gasteiger partial charge in [-0.05, 0) is 56.2 Å². The number of halogens is 1. The van der Waals surface area contributed by atoms with Crippen molar-refractivity contribution in [1.82, 2.24) is 5.32 Å². The summed E-state index contributed by atoms with van der Waals surface area (Å²) in [4.78, 5) is 0. The molecule has 1 heterocycles. The van der Waals surface area contributed by atoms with Crippen LogP contribution in [0.1, 0.15) is 51.2 Å². The van der Waals surface area contributed by atoms with Crippen LogP contribution in [0.15, 0.2) is 24.3 Å². The molecule has 1 aromatic rings. The second kappa shape index (κ2) is 5.67. The van der Waals surface area contributed by atoms with Gasteiger partial charge in [-0.15, -0.1) is 0 Å². The summed E-state index contributed by atoms with van der Waals surface area (Å²) in [5.74, 6) is 0.867. The van der Waals surface area contributed by atoms with Crippen LogP contribution in [0.25, 0.3) is 0 Å². The third kappa shape index (κ3) is 2.88. The largest absolute Gasteiger partial charge is 0.370 e. The molecule has 3 rings (SSSR count).